The van der Waals surface area contributed by atoms with Crippen LogP contribution in [0.15, 0.2) is 18.2 Å². The average molecular weight is 289 g/mol. The molecule has 2 aromatic rings. The van der Waals surface area contributed by atoms with Crippen molar-refractivity contribution in [2.24, 2.45) is 11.7 Å². The fourth-order valence-electron chi connectivity index (χ4n) is 2.74. The summed E-state index contributed by atoms with van der Waals surface area (Å²) in [5.41, 5.74) is 13.6. The lowest BCUT2D eigenvalue weighted by atomic mass is 10.1. The molecule has 106 valence electrons. The molecule has 1 unspecified atom stereocenters. The Labute approximate surface area is 122 Å². The van der Waals surface area contributed by atoms with Crippen molar-refractivity contribution in [3.63, 3.8) is 0 Å². The molecular weight excluding hydrogens is 270 g/mol. The Hall–Kier alpha value is -1.59. The number of thiophene rings is 1. The number of likely N-dealkylation sites (tertiary alicyclic amines) is 1. The second kappa shape index (κ2) is 5.07. The van der Waals surface area contributed by atoms with Crippen LogP contribution in [-0.4, -0.2) is 30.4 Å². The second-order valence-corrected chi connectivity index (χ2v) is 6.54. The van der Waals surface area contributed by atoms with Crippen LogP contribution in [0.1, 0.15) is 21.7 Å². The number of aryl methyl sites for hydroxylation is 1. The first-order chi connectivity index (χ1) is 9.60. The number of benzene rings is 1. The fourth-order valence-corrected chi connectivity index (χ4v) is 3.92. The number of carbonyl (C=O) groups excluding carboxylic acids is 1. The zero-order valence-corrected chi connectivity index (χ0v) is 12.4. The number of nitrogens with two attached hydrogens (primary N) is 2. The van der Waals surface area contributed by atoms with Gasteiger partial charge in [-0.2, -0.15) is 0 Å². The van der Waals surface area contributed by atoms with E-state index >= 15 is 0 Å². The number of fused-ring (bicyclic) bond motifs is 1. The van der Waals surface area contributed by atoms with E-state index in [1.807, 2.05) is 24.0 Å². The molecule has 5 heteroatoms. The molecule has 1 aliphatic heterocycles. The second-order valence-electron chi connectivity index (χ2n) is 5.49. The van der Waals surface area contributed by atoms with Crippen LogP contribution in [0.3, 0.4) is 0 Å². The summed E-state index contributed by atoms with van der Waals surface area (Å²) in [5, 5.41) is 0.985. The van der Waals surface area contributed by atoms with Gasteiger partial charge in [-0.25, -0.2) is 0 Å². The van der Waals surface area contributed by atoms with Crippen LogP contribution in [0.5, 0.6) is 0 Å². The summed E-state index contributed by atoms with van der Waals surface area (Å²) >= 11 is 1.49. The normalized spacial score (nSPS) is 18.9. The Kier molecular flexibility index (Phi) is 3.40. The van der Waals surface area contributed by atoms with Crippen molar-refractivity contribution in [1.29, 1.82) is 0 Å². The van der Waals surface area contributed by atoms with Crippen molar-refractivity contribution in [1.82, 2.24) is 4.90 Å². The molecule has 20 heavy (non-hydrogen) atoms. The first-order valence-corrected chi connectivity index (χ1v) is 7.69. The van der Waals surface area contributed by atoms with E-state index in [1.54, 1.807) is 0 Å². The quantitative estimate of drug-likeness (QED) is 0.890. The summed E-state index contributed by atoms with van der Waals surface area (Å²) in [6.45, 7) is 4.23. The van der Waals surface area contributed by atoms with Crippen molar-refractivity contribution < 1.29 is 4.79 Å². The van der Waals surface area contributed by atoms with E-state index in [0.29, 0.717) is 23.0 Å². The van der Waals surface area contributed by atoms with E-state index in [2.05, 4.69) is 6.07 Å². The highest BCUT2D eigenvalue weighted by molar-refractivity contribution is 7.21. The first kappa shape index (κ1) is 13.4. The van der Waals surface area contributed by atoms with Gasteiger partial charge in [-0.1, -0.05) is 12.1 Å². The molecule has 1 aromatic heterocycles. The SMILES string of the molecule is Cc1ccc2c(N)c(C(=O)N3CCC(CN)C3)sc2c1. The van der Waals surface area contributed by atoms with Crippen LogP contribution in [0.4, 0.5) is 5.69 Å². The highest BCUT2D eigenvalue weighted by Gasteiger charge is 2.28. The molecule has 1 atom stereocenters. The smallest absolute Gasteiger partial charge is 0.266 e. The number of rotatable bonds is 2. The molecule has 4 N–H and O–H groups in total. The summed E-state index contributed by atoms with van der Waals surface area (Å²) in [5.74, 6) is 0.481. The number of hydrogen-bond acceptors (Lipinski definition) is 4. The Balaban J connectivity index is 1.94. The van der Waals surface area contributed by atoms with Gasteiger partial charge < -0.3 is 16.4 Å². The van der Waals surface area contributed by atoms with E-state index in [-0.39, 0.29) is 5.91 Å². The minimum atomic E-state index is 0.0531. The molecule has 1 saturated heterocycles. The van der Waals surface area contributed by atoms with E-state index < -0.39 is 0 Å². The highest BCUT2D eigenvalue weighted by atomic mass is 32.1. The van der Waals surface area contributed by atoms with Gasteiger partial charge in [-0.3, -0.25) is 4.79 Å². The minimum Gasteiger partial charge on any atom is -0.397 e. The zero-order chi connectivity index (χ0) is 14.3. The van der Waals surface area contributed by atoms with Gasteiger partial charge in [-0.15, -0.1) is 11.3 Å². The largest absolute Gasteiger partial charge is 0.397 e. The first-order valence-electron chi connectivity index (χ1n) is 6.88. The van der Waals surface area contributed by atoms with Gasteiger partial charge in [-0.05, 0) is 37.4 Å². The molecule has 3 rings (SSSR count). The summed E-state index contributed by atoms with van der Waals surface area (Å²) in [7, 11) is 0. The lowest BCUT2D eigenvalue weighted by Gasteiger charge is -2.15. The van der Waals surface area contributed by atoms with Crippen LogP contribution in [0.2, 0.25) is 0 Å². The molecule has 0 spiro atoms. The van der Waals surface area contributed by atoms with Gasteiger partial charge in [0.05, 0.1) is 5.69 Å². The molecule has 0 saturated carbocycles. The van der Waals surface area contributed by atoms with Crippen molar-refractivity contribution in [2.45, 2.75) is 13.3 Å². The molecule has 0 aliphatic carbocycles. The topological polar surface area (TPSA) is 72.4 Å². The van der Waals surface area contributed by atoms with E-state index in [9.17, 15) is 4.79 Å². The van der Waals surface area contributed by atoms with E-state index in [1.165, 1.54) is 16.9 Å². The summed E-state index contributed by atoms with van der Waals surface area (Å²) < 4.78 is 1.08. The van der Waals surface area contributed by atoms with Gasteiger partial charge in [0.25, 0.3) is 5.91 Å². The number of carbonyl (C=O) groups is 1. The maximum atomic E-state index is 12.6. The lowest BCUT2D eigenvalue weighted by Crippen LogP contribution is -2.29. The van der Waals surface area contributed by atoms with Gasteiger partial charge in [0.1, 0.15) is 4.88 Å². The molecule has 1 amide bonds. The van der Waals surface area contributed by atoms with Gasteiger partial charge in [0.2, 0.25) is 0 Å². The van der Waals surface area contributed by atoms with Crippen LogP contribution < -0.4 is 11.5 Å². The van der Waals surface area contributed by atoms with Crippen LogP contribution in [0.25, 0.3) is 10.1 Å². The molecular formula is C15H19N3OS. The number of anilines is 1. The predicted octanol–water partition coefficient (Wildman–Crippen LogP) is 2.21. The summed E-state index contributed by atoms with van der Waals surface area (Å²) in [6.07, 6.45) is 0.992. The molecule has 4 nitrogen and oxygen atoms in total. The van der Waals surface area contributed by atoms with Gasteiger partial charge in [0.15, 0.2) is 0 Å². The van der Waals surface area contributed by atoms with Crippen molar-refractivity contribution in [3.05, 3.63) is 28.6 Å². The van der Waals surface area contributed by atoms with Gasteiger partial charge >= 0.3 is 0 Å². The van der Waals surface area contributed by atoms with Crippen LogP contribution >= 0.6 is 11.3 Å². The monoisotopic (exact) mass is 289 g/mol. The van der Waals surface area contributed by atoms with Gasteiger partial charge in [0, 0.05) is 23.2 Å². The molecule has 1 aliphatic rings. The lowest BCUT2D eigenvalue weighted by molar-refractivity contribution is 0.0793. The fraction of sp³-hybridized carbons (Fsp3) is 0.400. The number of nitrogens with zero attached hydrogens (tertiary/aromatic N) is 1. The van der Waals surface area contributed by atoms with Crippen LogP contribution in [0, 0.1) is 12.8 Å². The Morgan fingerprint density at radius 2 is 2.30 bits per heavy atom. The molecule has 2 heterocycles. The Morgan fingerprint density at radius 1 is 1.50 bits per heavy atom. The minimum absolute atomic E-state index is 0.0531. The van der Waals surface area contributed by atoms with Crippen molar-refractivity contribution in [3.8, 4) is 0 Å². The summed E-state index contributed by atoms with van der Waals surface area (Å²) in [6, 6.07) is 6.11. The Morgan fingerprint density at radius 3 is 3.00 bits per heavy atom. The standard InChI is InChI=1S/C15H19N3OS/c1-9-2-3-11-12(6-9)20-14(13(11)17)15(19)18-5-4-10(7-16)8-18/h2-3,6,10H,4-5,7-8,16-17H2,1H3. The Bertz CT molecular complexity index is 664. The molecule has 1 aromatic carbocycles. The summed E-state index contributed by atoms with van der Waals surface area (Å²) in [4.78, 5) is 15.1. The van der Waals surface area contributed by atoms with Crippen molar-refractivity contribution >= 4 is 33.0 Å². The average Bonchev–Trinajstić information content (AvgIpc) is 3.03. The molecule has 1 fully saturated rings. The van der Waals surface area contributed by atoms with Crippen LogP contribution in [-0.2, 0) is 0 Å². The molecule has 0 radical (unpaired) electrons. The number of nitrogen functional groups attached to an aromatic ring is 1. The third-order valence-corrected chi connectivity index (χ3v) is 5.14. The zero-order valence-electron chi connectivity index (χ0n) is 11.6. The number of amides is 1. The maximum absolute atomic E-state index is 12.6. The number of hydrogen-bond donors (Lipinski definition) is 2. The predicted molar refractivity (Wildman–Crippen MR) is 84.0 cm³/mol. The van der Waals surface area contributed by atoms with E-state index in [0.717, 1.165) is 29.6 Å². The third-order valence-electron chi connectivity index (χ3n) is 3.98. The molecule has 0 bridgehead atoms. The van der Waals surface area contributed by atoms with Crippen molar-refractivity contribution in [2.75, 3.05) is 25.4 Å². The van der Waals surface area contributed by atoms with E-state index in [4.69, 9.17) is 11.5 Å². The highest BCUT2D eigenvalue weighted by Crippen LogP contribution is 2.35. The maximum Gasteiger partial charge on any atom is 0.266 e. The third kappa shape index (κ3) is 2.17.